The van der Waals surface area contributed by atoms with Gasteiger partial charge in [-0.05, 0) is 31.1 Å². The molecule has 108 valence electrons. The molecule has 0 aromatic carbocycles. The van der Waals surface area contributed by atoms with E-state index >= 15 is 0 Å². The van der Waals surface area contributed by atoms with Crippen LogP contribution < -0.4 is 10.6 Å². The Morgan fingerprint density at radius 3 is 2.79 bits per heavy atom. The molecule has 0 spiro atoms. The first kappa shape index (κ1) is 13.2. The number of aliphatic imine (C=N–C) groups is 1. The molecule has 0 aromatic heterocycles. The van der Waals surface area contributed by atoms with Crippen LogP contribution in [0.15, 0.2) is 4.99 Å². The summed E-state index contributed by atoms with van der Waals surface area (Å²) in [6.45, 7) is 5.89. The Morgan fingerprint density at radius 2 is 2.11 bits per heavy atom. The maximum Gasteiger partial charge on any atom is 0.191 e. The Bertz CT molecular complexity index is 323. The molecule has 0 radical (unpaired) electrons. The minimum atomic E-state index is 0.682. The summed E-state index contributed by atoms with van der Waals surface area (Å²) in [5, 5.41) is 6.97. The Labute approximate surface area is 115 Å². The average Bonchev–Trinajstić information content (AvgIpc) is 3.32. The lowest BCUT2D eigenvalue weighted by atomic mass is 10.3. The molecule has 0 unspecified atom stereocenters. The zero-order chi connectivity index (χ0) is 13.1. The van der Waals surface area contributed by atoms with E-state index in [9.17, 15) is 0 Å². The first-order valence-corrected chi connectivity index (χ1v) is 7.64. The molecule has 5 heteroatoms. The molecule has 1 saturated heterocycles. The van der Waals surface area contributed by atoms with E-state index in [1.165, 1.54) is 19.3 Å². The number of morpholine rings is 1. The van der Waals surface area contributed by atoms with E-state index in [-0.39, 0.29) is 0 Å². The van der Waals surface area contributed by atoms with E-state index < -0.39 is 0 Å². The van der Waals surface area contributed by atoms with Crippen molar-refractivity contribution in [2.75, 3.05) is 46.4 Å². The molecule has 3 aliphatic rings. The second kappa shape index (κ2) is 6.09. The second-order valence-corrected chi connectivity index (χ2v) is 5.94. The molecule has 0 bridgehead atoms. The van der Waals surface area contributed by atoms with Crippen molar-refractivity contribution in [3.8, 4) is 0 Å². The van der Waals surface area contributed by atoms with E-state index in [2.05, 4.69) is 20.5 Å². The first-order chi connectivity index (χ1) is 9.36. The van der Waals surface area contributed by atoms with Crippen LogP contribution in [0.1, 0.15) is 19.3 Å². The van der Waals surface area contributed by atoms with Gasteiger partial charge in [-0.3, -0.25) is 9.89 Å². The van der Waals surface area contributed by atoms with Crippen molar-refractivity contribution in [2.45, 2.75) is 25.3 Å². The van der Waals surface area contributed by atoms with Gasteiger partial charge in [0.05, 0.1) is 13.2 Å². The summed E-state index contributed by atoms with van der Waals surface area (Å²) in [6.07, 6.45) is 4.24. The molecule has 2 aliphatic carbocycles. The predicted molar refractivity (Wildman–Crippen MR) is 76.4 cm³/mol. The van der Waals surface area contributed by atoms with Crippen molar-refractivity contribution in [1.29, 1.82) is 0 Å². The van der Waals surface area contributed by atoms with Gasteiger partial charge in [0.25, 0.3) is 0 Å². The Hall–Kier alpha value is -0.810. The van der Waals surface area contributed by atoms with Gasteiger partial charge in [-0.1, -0.05) is 0 Å². The van der Waals surface area contributed by atoms with Gasteiger partial charge in [0, 0.05) is 39.3 Å². The maximum atomic E-state index is 5.35. The molecule has 1 aliphatic heterocycles. The normalized spacial score (nSPS) is 32.2. The van der Waals surface area contributed by atoms with Crippen LogP contribution in [0.25, 0.3) is 0 Å². The first-order valence-electron chi connectivity index (χ1n) is 7.64. The fraction of sp³-hybridized carbons (Fsp3) is 0.929. The van der Waals surface area contributed by atoms with Gasteiger partial charge in [0.15, 0.2) is 5.96 Å². The molecule has 0 aromatic rings. The monoisotopic (exact) mass is 266 g/mol. The van der Waals surface area contributed by atoms with Crippen LogP contribution >= 0.6 is 0 Å². The van der Waals surface area contributed by atoms with Crippen LogP contribution in [0, 0.1) is 11.8 Å². The summed E-state index contributed by atoms with van der Waals surface area (Å²) in [5.41, 5.74) is 0. The van der Waals surface area contributed by atoms with Crippen molar-refractivity contribution in [2.24, 2.45) is 16.8 Å². The van der Waals surface area contributed by atoms with Crippen LogP contribution in [0.5, 0.6) is 0 Å². The number of guanidine groups is 1. The summed E-state index contributed by atoms with van der Waals surface area (Å²) < 4.78 is 5.35. The quantitative estimate of drug-likeness (QED) is 0.554. The molecule has 19 heavy (non-hydrogen) atoms. The number of ether oxygens (including phenoxy) is 1. The molecule has 3 rings (SSSR count). The summed E-state index contributed by atoms with van der Waals surface area (Å²) in [5.74, 6) is 2.92. The van der Waals surface area contributed by atoms with Crippen molar-refractivity contribution in [3.05, 3.63) is 0 Å². The highest BCUT2D eigenvalue weighted by Crippen LogP contribution is 2.49. The highest BCUT2D eigenvalue weighted by Gasteiger charge is 2.47. The molecule has 2 N–H and O–H groups in total. The number of nitrogens with zero attached hydrogens (tertiary/aromatic N) is 2. The van der Waals surface area contributed by atoms with Gasteiger partial charge in [-0.15, -0.1) is 0 Å². The number of hydrogen-bond donors (Lipinski definition) is 2. The lowest BCUT2D eigenvalue weighted by Crippen LogP contribution is -2.45. The predicted octanol–water partition coefficient (Wildman–Crippen LogP) is 0.282. The van der Waals surface area contributed by atoms with Gasteiger partial charge >= 0.3 is 0 Å². The molecule has 2 saturated carbocycles. The van der Waals surface area contributed by atoms with Crippen molar-refractivity contribution < 1.29 is 4.74 Å². The van der Waals surface area contributed by atoms with Crippen molar-refractivity contribution >= 4 is 5.96 Å². The van der Waals surface area contributed by atoms with Crippen LogP contribution in [0.2, 0.25) is 0 Å². The SMILES string of the molecule is CN=C(NCCN1CCOCC1)N[C@@H]1C[C@H]1C1CC1. The van der Waals surface area contributed by atoms with Crippen LogP contribution in [-0.2, 0) is 4.74 Å². The fourth-order valence-electron chi connectivity index (χ4n) is 2.95. The Morgan fingerprint density at radius 1 is 1.32 bits per heavy atom. The van der Waals surface area contributed by atoms with Gasteiger partial charge in [-0.25, -0.2) is 0 Å². The topological polar surface area (TPSA) is 48.9 Å². The lowest BCUT2D eigenvalue weighted by Gasteiger charge is -2.26. The van der Waals surface area contributed by atoms with Crippen LogP contribution in [0.3, 0.4) is 0 Å². The van der Waals surface area contributed by atoms with E-state index in [1.54, 1.807) is 0 Å². The molecular formula is C14H26N4O. The standard InChI is InChI=1S/C14H26N4O/c1-15-14(17-13-10-12(13)11-2-3-11)16-4-5-18-6-8-19-9-7-18/h11-13H,2-10H2,1H3,(H2,15,16,17)/t12-,13+/m0/s1. The van der Waals surface area contributed by atoms with Crippen LogP contribution in [0.4, 0.5) is 0 Å². The smallest absolute Gasteiger partial charge is 0.191 e. The van der Waals surface area contributed by atoms with Crippen LogP contribution in [-0.4, -0.2) is 63.3 Å². The van der Waals surface area contributed by atoms with Crippen molar-refractivity contribution in [3.63, 3.8) is 0 Å². The Kier molecular flexibility index (Phi) is 4.23. The zero-order valence-electron chi connectivity index (χ0n) is 11.9. The van der Waals surface area contributed by atoms with Crippen molar-refractivity contribution in [1.82, 2.24) is 15.5 Å². The molecule has 1 heterocycles. The van der Waals surface area contributed by atoms with E-state index in [4.69, 9.17) is 4.74 Å². The molecule has 3 fully saturated rings. The molecule has 2 atom stereocenters. The van der Waals surface area contributed by atoms with Gasteiger partial charge < -0.3 is 15.4 Å². The minimum absolute atomic E-state index is 0.682. The van der Waals surface area contributed by atoms with Gasteiger partial charge in [0.1, 0.15) is 0 Å². The summed E-state index contributed by atoms with van der Waals surface area (Å²) in [7, 11) is 1.86. The highest BCUT2D eigenvalue weighted by molar-refractivity contribution is 5.80. The number of nitrogens with one attached hydrogen (secondary N) is 2. The molecule has 5 nitrogen and oxygen atoms in total. The summed E-state index contributed by atoms with van der Waals surface area (Å²) >= 11 is 0. The third-order valence-electron chi connectivity index (χ3n) is 4.44. The average molecular weight is 266 g/mol. The van der Waals surface area contributed by atoms with E-state index in [0.29, 0.717) is 6.04 Å². The number of hydrogen-bond acceptors (Lipinski definition) is 3. The number of rotatable bonds is 5. The van der Waals surface area contributed by atoms with E-state index in [0.717, 1.165) is 57.2 Å². The second-order valence-electron chi connectivity index (χ2n) is 5.94. The largest absolute Gasteiger partial charge is 0.379 e. The summed E-state index contributed by atoms with van der Waals surface area (Å²) in [4.78, 5) is 6.75. The lowest BCUT2D eigenvalue weighted by molar-refractivity contribution is 0.0389. The highest BCUT2D eigenvalue weighted by atomic mass is 16.5. The summed E-state index contributed by atoms with van der Waals surface area (Å²) in [6, 6.07) is 0.682. The van der Waals surface area contributed by atoms with E-state index in [1.807, 2.05) is 7.05 Å². The maximum absolute atomic E-state index is 5.35. The minimum Gasteiger partial charge on any atom is -0.379 e. The zero-order valence-corrected chi connectivity index (χ0v) is 11.9. The third kappa shape index (κ3) is 3.83. The van der Waals surface area contributed by atoms with Gasteiger partial charge in [-0.2, -0.15) is 0 Å². The molecular weight excluding hydrogens is 240 g/mol. The van der Waals surface area contributed by atoms with Gasteiger partial charge in [0.2, 0.25) is 0 Å². The third-order valence-corrected chi connectivity index (χ3v) is 4.44. The Balaban J connectivity index is 1.31. The molecule has 0 amide bonds. The fourth-order valence-corrected chi connectivity index (χ4v) is 2.95.